The zero-order valence-corrected chi connectivity index (χ0v) is 12.2. The molecular formula is C13H29N3O. The highest BCUT2D eigenvalue weighted by Crippen LogP contribution is 2.06. The molecule has 102 valence electrons. The molecule has 0 aliphatic heterocycles. The van der Waals surface area contributed by atoms with Crippen LogP contribution in [0.1, 0.15) is 27.2 Å². The van der Waals surface area contributed by atoms with Crippen molar-refractivity contribution in [2.45, 2.75) is 33.2 Å². The van der Waals surface area contributed by atoms with Crippen molar-refractivity contribution in [2.24, 2.45) is 11.8 Å². The average Bonchev–Trinajstić information content (AvgIpc) is 2.15. The third kappa shape index (κ3) is 8.16. The van der Waals surface area contributed by atoms with E-state index >= 15 is 0 Å². The highest BCUT2D eigenvalue weighted by Gasteiger charge is 2.18. The summed E-state index contributed by atoms with van der Waals surface area (Å²) in [6.45, 7) is 7.95. The monoisotopic (exact) mass is 243 g/mol. The Balaban J connectivity index is 4.26. The second-order valence-corrected chi connectivity index (χ2v) is 5.56. The summed E-state index contributed by atoms with van der Waals surface area (Å²) in [4.78, 5) is 14.1. The largest absolute Gasteiger partial charge is 0.352 e. The van der Waals surface area contributed by atoms with Gasteiger partial charge in [0, 0.05) is 25.0 Å². The van der Waals surface area contributed by atoms with Gasteiger partial charge in [-0.1, -0.05) is 20.8 Å². The lowest BCUT2D eigenvalue weighted by Gasteiger charge is -2.25. The first-order valence-corrected chi connectivity index (χ1v) is 6.46. The molecule has 0 aromatic heterocycles. The van der Waals surface area contributed by atoms with Crippen LogP contribution in [-0.2, 0) is 4.79 Å². The van der Waals surface area contributed by atoms with Gasteiger partial charge in [0.25, 0.3) is 0 Å². The normalized spacial score (nSPS) is 15.1. The Hall–Kier alpha value is -0.610. The van der Waals surface area contributed by atoms with E-state index in [1.807, 2.05) is 28.1 Å². The van der Waals surface area contributed by atoms with Crippen LogP contribution >= 0.6 is 0 Å². The van der Waals surface area contributed by atoms with E-state index in [1.54, 1.807) is 0 Å². The molecule has 4 nitrogen and oxygen atoms in total. The molecule has 0 aliphatic carbocycles. The lowest BCUT2D eigenvalue weighted by Crippen LogP contribution is -2.45. The van der Waals surface area contributed by atoms with Crippen molar-refractivity contribution in [2.75, 3.05) is 34.2 Å². The molecule has 0 heterocycles. The molecule has 0 radical (unpaired) electrons. The molecule has 2 N–H and O–H groups in total. The van der Waals surface area contributed by atoms with Gasteiger partial charge < -0.3 is 15.5 Å². The molecule has 0 fully saturated rings. The number of rotatable bonds is 8. The maximum Gasteiger partial charge on any atom is 0.224 e. The topological polar surface area (TPSA) is 44.4 Å². The molecule has 0 bridgehead atoms. The van der Waals surface area contributed by atoms with Crippen molar-refractivity contribution in [1.29, 1.82) is 0 Å². The molecule has 1 amide bonds. The van der Waals surface area contributed by atoms with Crippen LogP contribution in [0.5, 0.6) is 0 Å². The van der Waals surface area contributed by atoms with Gasteiger partial charge >= 0.3 is 0 Å². The molecule has 0 saturated heterocycles. The Labute approximate surface area is 106 Å². The Bertz CT molecular complexity index is 207. The Morgan fingerprint density at radius 1 is 1.24 bits per heavy atom. The minimum atomic E-state index is 0.0248. The van der Waals surface area contributed by atoms with Crippen molar-refractivity contribution in [3.05, 3.63) is 0 Å². The molecule has 0 aliphatic rings. The van der Waals surface area contributed by atoms with E-state index in [1.165, 1.54) is 0 Å². The number of likely N-dealkylation sites (N-methyl/N-ethyl adjacent to an activating group) is 1. The van der Waals surface area contributed by atoms with E-state index in [0.29, 0.717) is 5.92 Å². The number of carbonyl (C=O) groups excluding carboxylic acids is 1. The number of hydrogen-bond acceptors (Lipinski definition) is 3. The fourth-order valence-corrected chi connectivity index (χ4v) is 1.93. The molecule has 2 atom stereocenters. The average molecular weight is 243 g/mol. The van der Waals surface area contributed by atoms with Gasteiger partial charge in [-0.15, -0.1) is 0 Å². The molecule has 0 spiro atoms. The first-order valence-electron chi connectivity index (χ1n) is 6.46. The zero-order chi connectivity index (χ0) is 13.4. The van der Waals surface area contributed by atoms with Crippen molar-refractivity contribution in [3.63, 3.8) is 0 Å². The van der Waals surface area contributed by atoms with Gasteiger partial charge in [0.15, 0.2) is 0 Å². The highest BCUT2D eigenvalue weighted by molar-refractivity contribution is 5.78. The van der Waals surface area contributed by atoms with Gasteiger partial charge in [0.2, 0.25) is 5.91 Å². The van der Waals surface area contributed by atoms with Crippen LogP contribution in [-0.4, -0.2) is 51.1 Å². The number of amides is 1. The van der Waals surface area contributed by atoms with Gasteiger partial charge in [0.1, 0.15) is 0 Å². The number of carbonyl (C=O) groups is 1. The van der Waals surface area contributed by atoms with E-state index in [-0.39, 0.29) is 17.9 Å². The molecule has 17 heavy (non-hydrogen) atoms. The van der Waals surface area contributed by atoms with Crippen LogP contribution in [0.2, 0.25) is 0 Å². The van der Waals surface area contributed by atoms with Crippen molar-refractivity contribution < 1.29 is 4.79 Å². The van der Waals surface area contributed by atoms with E-state index in [2.05, 4.69) is 29.4 Å². The van der Waals surface area contributed by atoms with E-state index in [4.69, 9.17) is 0 Å². The number of nitrogens with zero attached hydrogens (tertiary/aromatic N) is 1. The molecule has 2 unspecified atom stereocenters. The van der Waals surface area contributed by atoms with E-state index in [0.717, 1.165) is 19.5 Å². The SMILES string of the molecule is CNCC(C)C(=O)NC(CC(C)C)CN(C)C. The summed E-state index contributed by atoms with van der Waals surface area (Å²) < 4.78 is 0. The van der Waals surface area contributed by atoms with Crippen LogP contribution in [0.25, 0.3) is 0 Å². The summed E-state index contributed by atoms with van der Waals surface area (Å²) >= 11 is 0. The summed E-state index contributed by atoms with van der Waals surface area (Å²) in [5.74, 6) is 0.767. The Kier molecular flexibility index (Phi) is 8.17. The van der Waals surface area contributed by atoms with Crippen LogP contribution in [0.4, 0.5) is 0 Å². The maximum atomic E-state index is 11.9. The predicted molar refractivity (Wildman–Crippen MR) is 73.0 cm³/mol. The van der Waals surface area contributed by atoms with E-state index in [9.17, 15) is 4.79 Å². The predicted octanol–water partition coefficient (Wildman–Crippen LogP) is 0.934. The summed E-state index contributed by atoms with van der Waals surface area (Å²) in [7, 11) is 5.95. The fraction of sp³-hybridized carbons (Fsp3) is 0.923. The van der Waals surface area contributed by atoms with Crippen LogP contribution < -0.4 is 10.6 Å². The Morgan fingerprint density at radius 2 is 1.82 bits per heavy atom. The molecule has 0 aromatic carbocycles. The fourth-order valence-electron chi connectivity index (χ4n) is 1.93. The molecular weight excluding hydrogens is 214 g/mol. The van der Waals surface area contributed by atoms with Gasteiger partial charge in [-0.05, 0) is 33.5 Å². The highest BCUT2D eigenvalue weighted by atomic mass is 16.1. The minimum Gasteiger partial charge on any atom is -0.352 e. The maximum absolute atomic E-state index is 11.9. The summed E-state index contributed by atoms with van der Waals surface area (Å²) in [6, 6.07) is 0.247. The quantitative estimate of drug-likeness (QED) is 0.667. The van der Waals surface area contributed by atoms with E-state index < -0.39 is 0 Å². The molecule has 0 rings (SSSR count). The van der Waals surface area contributed by atoms with Crippen molar-refractivity contribution >= 4 is 5.91 Å². The summed E-state index contributed by atoms with van der Waals surface area (Å²) in [5.41, 5.74) is 0. The van der Waals surface area contributed by atoms with Crippen LogP contribution in [0.3, 0.4) is 0 Å². The number of hydrogen-bond donors (Lipinski definition) is 2. The lowest BCUT2D eigenvalue weighted by atomic mass is 10.0. The van der Waals surface area contributed by atoms with Gasteiger partial charge in [-0.3, -0.25) is 4.79 Å². The smallest absolute Gasteiger partial charge is 0.224 e. The van der Waals surface area contributed by atoms with Crippen LogP contribution in [0.15, 0.2) is 0 Å². The first-order chi connectivity index (χ1) is 7.86. The van der Waals surface area contributed by atoms with Crippen molar-refractivity contribution in [3.8, 4) is 0 Å². The van der Waals surface area contributed by atoms with Crippen LogP contribution in [0, 0.1) is 11.8 Å². The third-order valence-corrected chi connectivity index (χ3v) is 2.65. The zero-order valence-electron chi connectivity index (χ0n) is 12.2. The standard InChI is InChI=1S/C13H29N3O/c1-10(2)7-12(9-16(5)6)15-13(17)11(3)8-14-4/h10-12,14H,7-9H2,1-6H3,(H,15,17). The minimum absolute atomic E-state index is 0.0248. The number of nitrogens with one attached hydrogen (secondary N) is 2. The molecule has 4 heteroatoms. The molecule has 0 saturated carbocycles. The summed E-state index contributed by atoms with van der Waals surface area (Å²) in [6.07, 6.45) is 1.02. The second kappa shape index (κ2) is 8.48. The Morgan fingerprint density at radius 3 is 2.24 bits per heavy atom. The summed E-state index contributed by atoms with van der Waals surface area (Å²) in [5, 5.41) is 6.18. The van der Waals surface area contributed by atoms with Crippen molar-refractivity contribution in [1.82, 2.24) is 15.5 Å². The second-order valence-electron chi connectivity index (χ2n) is 5.56. The molecule has 0 aromatic rings. The van der Waals surface area contributed by atoms with Gasteiger partial charge in [0.05, 0.1) is 0 Å². The first kappa shape index (κ1) is 16.4. The third-order valence-electron chi connectivity index (χ3n) is 2.65. The van der Waals surface area contributed by atoms with Gasteiger partial charge in [-0.25, -0.2) is 0 Å². The van der Waals surface area contributed by atoms with Gasteiger partial charge in [-0.2, -0.15) is 0 Å². The lowest BCUT2D eigenvalue weighted by molar-refractivity contribution is -0.125.